The Hall–Kier alpha value is -2.37. The molecule has 1 fully saturated rings. The highest BCUT2D eigenvalue weighted by Gasteiger charge is 2.38. The van der Waals surface area contributed by atoms with Crippen molar-refractivity contribution in [1.29, 1.82) is 0 Å². The van der Waals surface area contributed by atoms with E-state index < -0.39 is 12.0 Å². The van der Waals surface area contributed by atoms with Gasteiger partial charge < -0.3 is 0 Å². The number of aromatic nitrogens is 3. The van der Waals surface area contributed by atoms with Crippen LogP contribution in [0.2, 0.25) is 0 Å². The van der Waals surface area contributed by atoms with Crippen molar-refractivity contribution < 1.29 is 13.2 Å². The van der Waals surface area contributed by atoms with Crippen molar-refractivity contribution in [3.63, 3.8) is 0 Å². The monoisotopic (exact) mass is 317 g/mol. The first-order valence-corrected chi connectivity index (χ1v) is 7.48. The third-order valence-corrected chi connectivity index (χ3v) is 4.27. The summed E-state index contributed by atoms with van der Waals surface area (Å²) in [5.74, 6) is -0.237. The lowest BCUT2D eigenvalue weighted by Crippen LogP contribution is -2.15. The van der Waals surface area contributed by atoms with Crippen molar-refractivity contribution in [3.8, 4) is 5.69 Å². The lowest BCUT2D eigenvalue weighted by atomic mass is 9.99. The Labute approximate surface area is 130 Å². The fourth-order valence-electron chi connectivity index (χ4n) is 3.09. The molecule has 3 nitrogen and oxygen atoms in total. The summed E-state index contributed by atoms with van der Waals surface area (Å²) in [5, 5.41) is 8.76. The molecule has 0 atom stereocenters. The van der Waals surface area contributed by atoms with E-state index in [0.29, 0.717) is 11.6 Å². The number of rotatable bonds is 2. The maximum absolute atomic E-state index is 13.2. The molecule has 1 aliphatic rings. The van der Waals surface area contributed by atoms with E-state index in [0.717, 1.165) is 28.2 Å². The molecule has 0 aliphatic heterocycles. The zero-order valence-electron chi connectivity index (χ0n) is 12.4. The van der Waals surface area contributed by atoms with Gasteiger partial charge in [-0.25, -0.2) is 0 Å². The number of hydrogen-bond acceptors (Lipinski definition) is 2. The SMILES string of the molecule is Cc1nnc(C(F)(F)F)n1-c1ccc(C2CC2)c2ccccc12. The van der Waals surface area contributed by atoms with Crippen LogP contribution in [0.1, 0.15) is 36.0 Å². The number of hydrogen-bond donors (Lipinski definition) is 0. The molecule has 1 saturated carbocycles. The average molecular weight is 317 g/mol. The second-order valence-electron chi connectivity index (χ2n) is 5.90. The molecule has 23 heavy (non-hydrogen) atoms. The van der Waals surface area contributed by atoms with Crippen LogP contribution in [0.25, 0.3) is 16.5 Å². The van der Waals surface area contributed by atoms with Gasteiger partial charge in [0.2, 0.25) is 5.82 Å². The predicted molar refractivity (Wildman–Crippen MR) is 80.6 cm³/mol. The van der Waals surface area contributed by atoms with E-state index in [4.69, 9.17) is 0 Å². The first kappa shape index (κ1) is 14.2. The molecule has 2 aromatic carbocycles. The standard InChI is InChI=1S/C17H14F3N3/c1-10-21-22-16(17(18,19)20)23(10)15-9-8-12(11-6-7-11)13-4-2-3-5-14(13)15/h2-5,8-9,11H,6-7H2,1H3. The third kappa shape index (κ3) is 2.29. The molecule has 3 aromatic rings. The van der Waals surface area contributed by atoms with Crippen LogP contribution < -0.4 is 0 Å². The number of nitrogens with zero attached hydrogens (tertiary/aromatic N) is 3. The maximum Gasteiger partial charge on any atom is 0.452 e. The number of alkyl halides is 3. The Morgan fingerprint density at radius 3 is 2.35 bits per heavy atom. The van der Waals surface area contributed by atoms with Crippen LogP contribution in [0.15, 0.2) is 36.4 Å². The van der Waals surface area contributed by atoms with Gasteiger partial charge in [-0.3, -0.25) is 4.57 Å². The van der Waals surface area contributed by atoms with E-state index in [1.165, 1.54) is 12.5 Å². The molecule has 0 unspecified atom stereocenters. The molecule has 6 heteroatoms. The molecular weight excluding hydrogens is 303 g/mol. The Kier molecular flexibility index (Phi) is 2.98. The molecule has 0 amide bonds. The van der Waals surface area contributed by atoms with Gasteiger partial charge in [-0.2, -0.15) is 13.2 Å². The van der Waals surface area contributed by atoms with E-state index >= 15 is 0 Å². The van der Waals surface area contributed by atoms with E-state index in [1.54, 1.807) is 6.07 Å². The molecule has 1 aliphatic carbocycles. The van der Waals surface area contributed by atoms with E-state index in [-0.39, 0.29) is 5.82 Å². The quantitative estimate of drug-likeness (QED) is 0.690. The highest BCUT2D eigenvalue weighted by molar-refractivity contribution is 5.93. The smallest absolute Gasteiger partial charge is 0.275 e. The van der Waals surface area contributed by atoms with Crippen LogP contribution in [-0.4, -0.2) is 14.8 Å². The molecule has 0 radical (unpaired) electrons. The lowest BCUT2D eigenvalue weighted by molar-refractivity contribution is -0.146. The van der Waals surface area contributed by atoms with Gasteiger partial charge in [0.05, 0.1) is 5.69 Å². The number of halogens is 3. The number of aryl methyl sites for hydroxylation is 1. The van der Waals surface area contributed by atoms with Gasteiger partial charge in [0, 0.05) is 5.39 Å². The highest BCUT2D eigenvalue weighted by atomic mass is 19.4. The van der Waals surface area contributed by atoms with Crippen LogP contribution in [0.3, 0.4) is 0 Å². The predicted octanol–water partition coefficient (Wildman–Crippen LogP) is 4.63. The van der Waals surface area contributed by atoms with E-state index in [9.17, 15) is 13.2 Å². The van der Waals surface area contributed by atoms with Gasteiger partial charge in [-0.1, -0.05) is 30.3 Å². The fraction of sp³-hybridized carbons (Fsp3) is 0.294. The molecule has 118 valence electrons. The highest BCUT2D eigenvalue weighted by Crippen LogP contribution is 2.44. The van der Waals surface area contributed by atoms with Crippen LogP contribution in [0, 0.1) is 6.92 Å². The summed E-state index contributed by atoms with van der Waals surface area (Å²) in [6.45, 7) is 1.53. The Morgan fingerprint density at radius 2 is 1.70 bits per heavy atom. The first-order chi connectivity index (χ1) is 11.0. The molecule has 1 heterocycles. The summed E-state index contributed by atoms with van der Waals surface area (Å²) in [4.78, 5) is 0. The van der Waals surface area contributed by atoms with Gasteiger partial charge in [-0.05, 0) is 42.7 Å². The summed E-state index contributed by atoms with van der Waals surface area (Å²) in [7, 11) is 0. The maximum atomic E-state index is 13.2. The zero-order chi connectivity index (χ0) is 16.2. The van der Waals surface area contributed by atoms with Gasteiger partial charge in [-0.15, -0.1) is 10.2 Å². The first-order valence-electron chi connectivity index (χ1n) is 7.48. The van der Waals surface area contributed by atoms with E-state index in [1.807, 2.05) is 30.3 Å². The third-order valence-electron chi connectivity index (χ3n) is 4.27. The minimum Gasteiger partial charge on any atom is -0.275 e. The largest absolute Gasteiger partial charge is 0.452 e. The van der Waals surface area contributed by atoms with Crippen LogP contribution in [-0.2, 0) is 6.18 Å². The van der Waals surface area contributed by atoms with Crippen molar-refractivity contribution in [2.75, 3.05) is 0 Å². The molecular formula is C17H14F3N3. The van der Waals surface area contributed by atoms with Gasteiger partial charge >= 0.3 is 6.18 Å². The number of fused-ring (bicyclic) bond motifs is 1. The summed E-state index contributed by atoms with van der Waals surface area (Å²) < 4.78 is 40.8. The summed E-state index contributed by atoms with van der Waals surface area (Å²) in [5.41, 5.74) is 1.68. The molecule has 4 rings (SSSR count). The molecule has 0 spiro atoms. The normalized spacial score (nSPS) is 15.3. The summed E-state index contributed by atoms with van der Waals surface area (Å²) >= 11 is 0. The van der Waals surface area contributed by atoms with Gasteiger partial charge in [0.1, 0.15) is 5.82 Å². The Bertz CT molecular complexity index is 892. The van der Waals surface area contributed by atoms with Crippen LogP contribution in [0.4, 0.5) is 13.2 Å². The van der Waals surface area contributed by atoms with Crippen molar-refractivity contribution in [1.82, 2.24) is 14.8 Å². The lowest BCUT2D eigenvalue weighted by Gasteiger charge is -2.15. The molecule has 0 N–H and O–H groups in total. The van der Waals surface area contributed by atoms with Gasteiger partial charge in [0.15, 0.2) is 0 Å². The minimum absolute atomic E-state index is 0.224. The second kappa shape index (κ2) is 4.81. The Morgan fingerprint density at radius 1 is 1.00 bits per heavy atom. The van der Waals surface area contributed by atoms with Crippen molar-refractivity contribution in [2.45, 2.75) is 31.9 Å². The van der Waals surface area contributed by atoms with Crippen molar-refractivity contribution in [3.05, 3.63) is 53.6 Å². The van der Waals surface area contributed by atoms with E-state index in [2.05, 4.69) is 10.2 Å². The second-order valence-corrected chi connectivity index (χ2v) is 5.90. The fourth-order valence-corrected chi connectivity index (χ4v) is 3.09. The minimum atomic E-state index is -4.54. The summed E-state index contributed by atoms with van der Waals surface area (Å²) in [6, 6.07) is 11.3. The molecule has 0 bridgehead atoms. The van der Waals surface area contributed by atoms with Gasteiger partial charge in [0.25, 0.3) is 0 Å². The topological polar surface area (TPSA) is 30.7 Å². The van der Waals surface area contributed by atoms with Crippen LogP contribution in [0.5, 0.6) is 0 Å². The zero-order valence-corrected chi connectivity index (χ0v) is 12.4. The van der Waals surface area contributed by atoms with Crippen molar-refractivity contribution in [2.24, 2.45) is 0 Å². The molecule has 0 saturated heterocycles. The Balaban J connectivity index is 2.01. The van der Waals surface area contributed by atoms with Crippen LogP contribution >= 0.6 is 0 Å². The average Bonchev–Trinajstić information content (AvgIpc) is 3.27. The number of benzene rings is 2. The summed E-state index contributed by atoms with van der Waals surface area (Å²) in [6.07, 6.45) is -2.26. The van der Waals surface area contributed by atoms with Crippen molar-refractivity contribution >= 4 is 10.8 Å². The molecule has 1 aromatic heterocycles.